The largest absolute Gasteiger partial charge is 0.465 e. The van der Waals surface area contributed by atoms with Gasteiger partial charge in [-0.05, 0) is 24.3 Å². The SMILES string of the molecule is O=C(O)N1Cc2cccnc2N(C(=O)O)c2ccc(Br)cc21. The van der Waals surface area contributed by atoms with Crippen LogP contribution in [-0.2, 0) is 6.54 Å². The van der Waals surface area contributed by atoms with Crippen LogP contribution in [0.25, 0.3) is 0 Å². The predicted octanol–water partition coefficient (Wildman–Crippen LogP) is 3.66. The van der Waals surface area contributed by atoms with Crippen molar-refractivity contribution >= 4 is 45.3 Å². The highest BCUT2D eigenvalue weighted by atomic mass is 79.9. The van der Waals surface area contributed by atoms with Crippen LogP contribution in [0.2, 0.25) is 0 Å². The van der Waals surface area contributed by atoms with Gasteiger partial charge >= 0.3 is 12.2 Å². The molecule has 22 heavy (non-hydrogen) atoms. The van der Waals surface area contributed by atoms with Crippen molar-refractivity contribution in [3.05, 3.63) is 46.6 Å². The molecule has 0 fully saturated rings. The Kier molecular flexibility index (Phi) is 3.45. The molecule has 2 amide bonds. The Morgan fingerprint density at radius 2 is 1.91 bits per heavy atom. The highest BCUT2D eigenvalue weighted by molar-refractivity contribution is 9.10. The number of carbonyl (C=O) groups is 2. The van der Waals surface area contributed by atoms with Crippen LogP contribution in [0.5, 0.6) is 0 Å². The van der Waals surface area contributed by atoms with Crippen molar-refractivity contribution < 1.29 is 19.8 Å². The summed E-state index contributed by atoms with van der Waals surface area (Å²) in [5, 5.41) is 19.0. The molecular formula is C14H10BrN3O4. The number of fused-ring (bicyclic) bond motifs is 2. The van der Waals surface area contributed by atoms with E-state index in [4.69, 9.17) is 0 Å². The third-order valence-electron chi connectivity index (χ3n) is 3.30. The number of hydrogen-bond donors (Lipinski definition) is 2. The van der Waals surface area contributed by atoms with E-state index in [1.54, 1.807) is 30.3 Å². The Morgan fingerprint density at radius 1 is 1.14 bits per heavy atom. The second-order valence-electron chi connectivity index (χ2n) is 4.61. The molecule has 3 rings (SSSR count). The van der Waals surface area contributed by atoms with Crippen molar-refractivity contribution in [1.29, 1.82) is 0 Å². The fourth-order valence-corrected chi connectivity index (χ4v) is 2.74. The summed E-state index contributed by atoms with van der Waals surface area (Å²) in [6, 6.07) is 8.08. The Morgan fingerprint density at radius 3 is 2.59 bits per heavy atom. The van der Waals surface area contributed by atoms with Gasteiger partial charge in [-0.25, -0.2) is 19.5 Å². The van der Waals surface area contributed by atoms with Crippen LogP contribution < -0.4 is 9.80 Å². The molecule has 0 saturated carbocycles. The van der Waals surface area contributed by atoms with Gasteiger partial charge in [-0.1, -0.05) is 22.0 Å². The molecule has 0 unspecified atom stereocenters. The van der Waals surface area contributed by atoms with E-state index < -0.39 is 12.2 Å². The van der Waals surface area contributed by atoms with E-state index >= 15 is 0 Å². The van der Waals surface area contributed by atoms with Crippen molar-refractivity contribution in [1.82, 2.24) is 4.98 Å². The summed E-state index contributed by atoms with van der Waals surface area (Å²) in [5.41, 5.74) is 1.04. The number of anilines is 3. The van der Waals surface area contributed by atoms with Crippen LogP contribution in [0.3, 0.4) is 0 Å². The third kappa shape index (κ3) is 2.27. The predicted molar refractivity (Wildman–Crippen MR) is 82.8 cm³/mol. The van der Waals surface area contributed by atoms with Crippen molar-refractivity contribution in [2.45, 2.75) is 6.54 Å². The lowest BCUT2D eigenvalue weighted by Crippen LogP contribution is -2.28. The average molecular weight is 364 g/mol. The summed E-state index contributed by atoms with van der Waals surface area (Å²) in [5.74, 6) is 0.210. The maximum Gasteiger partial charge on any atom is 0.417 e. The van der Waals surface area contributed by atoms with Crippen molar-refractivity contribution in [2.75, 3.05) is 9.80 Å². The molecule has 0 atom stereocenters. The Hall–Kier alpha value is -2.61. The van der Waals surface area contributed by atoms with Gasteiger partial charge in [0, 0.05) is 16.2 Å². The minimum Gasteiger partial charge on any atom is -0.465 e. The van der Waals surface area contributed by atoms with E-state index in [2.05, 4.69) is 20.9 Å². The van der Waals surface area contributed by atoms with E-state index in [1.807, 2.05) is 0 Å². The number of hydrogen-bond acceptors (Lipinski definition) is 3. The Labute approximate surface area is 133 Å². The first kappa shape index (κ1) is 14.3. The maximum absolute atomic E-state index is 11.7. The molecule has 2 N–H and O–H groups in total. The maximum atomic E-state index is 11.7. The number of amides is 2. The number of carboxylic acid groups (broad SMARTS) is 2. The van der Waals surface area contributed by atoms with Crippen LogP contribution in [0.1, 0.15) is 5.56 Å². The Balaban J connectivity index is 2.32. The Bertz CT molecular complexity index is 780. The summed E-state index contributed by atoms with van der Waals surface area (Å²) in [7, 11) is 0. The number of benzene rings is 1. The second-order valence-corrected chi connectivity index (χ2v) is 5.52. The van der Waals surface area contributed by atoms with Gasteiger partial charge in [-0.2, -0.15) is 0 Å². The van der Waals surface area contributed by atoms with Crippen LogP contribution in [0, 0.1) is 0 Å². The molecule has 0 spiro atoms. The van der Waals surface area contributed by atoms with Crippen molar-refractivity contribution in [3.63, 3.8) is 0 Å². The minimum absolute atomic E-state index is 0.0196. The smallest absolute Gasteiger partial charge is 0.417 e. The summed E-state index contributed by atoms with van der Waals surface area (Å²) in [6.07, 6.45) is -0.916. The lowest BCUT2D eigenvalue weighted by atomic mass is 10.2. The van der Waals surface area contributed by atoms with E-state index in [-0.39, 0.29) is 23.7 Å². The van der Waals surface area contributed by atoms with E-state index in [0.29, 0.717) is 10.0 Å². The summed E-state index contributed by atoms with van der Waals surface area (Å²) in [6.45, 7) is 0.0196. The molecule has 8 heteroatoms. The molecule has 7 nitrogen and oxygen atoms in total. The number of aromatic nitrogens is 1. The molecule has 0 radical (unpaired) electrons. The lowest BCUT2D eigenvalue weighted by Gasteiger charge is -2.22. The molecule has 1 aromatic carbocycles. The summed E-state index contributed by atoms with van der Waals surface area (Å²) >= 11 is 3.28. The van der Waals surface area contributed by atoms with Gasteiger partial charge in [0.15, 0.2) is 0 Å². The standard InChI is InChI=1S/C14H10BrN3O4/c15-9-3-4-10-11(6-9)17(13(19)20)7-8-2-1-5-16-12(8)18(10)14(21)22/h1-6H,7H2,(H,19,20)(H,21,22). The van der Waals surface area contributed by atoms with Crippen LogP contribution in [0.4, 0.5) is 26.8 Å². The van der Waals surface area contributed by atoms with Gasteiger partial charge in [0.25, 0.3) is 0 Å². The molecular weight excluding hydrogens is 354 g/mol. The van der Waals surface area contributed by atoms with Gasteiger partial charge in [-0.15, -0.1) is 0 Å². The molecule has 2 aromatic rings. The molecule has 112 valence electrons. The molecule has 0 aliphatic carbocycles. The highest BCUT2D eigenvalue weighted by Crippen LogP contribution is 2.41. The zero-order valence-corrected chi connectivity index (χ0v) is 12.7. The number of rotatable bonds is 0. The molecule has 1 aliphatic heterocycles. The first-order valence-corrected chi connectivity index (χ1v) is 7.05. The number of pyridine rings is 1. The molecule has 0 saturated heterocycles. The van der Waals surface area contributed by atoms with Crippen molar-refractivity contribution in [3.8, 4) is 0 Å². The fourth-order valence-electron chi connectivity index (χ4n) is 2.39. The number of halogens is 1. The fraction of sp³-hybridized carbons (Fsp3) is 0.0714. The normalized spacial score (nSPS) is 13.1. The van der Waals surface area contributed by atoms with Gasteiger partial charge in [0.2, 0.25) is 0 Å². The highest BCUT2D eigenvalue weighted by Gasteiger charge is 2.32. The molecule has 1 aliphatic rings. The quantitative estimate of drug-likeness (QED) is 0.744. The van der Waals surface area contributed by atoms with Gasteiger partial charge in [0.1, 0.15) is 5.82 Å². The summed E-state index contributed by atoms with van der Waals surface area (Å²) in [4.78, 5) is 29.5. The minimum atomic E-state index is -1.23. The van der Waals surface area contributed by atoms with E-state index in [1.165, 1.54) is 6.20 Å². The van der Waals surface area contributed by atoms with Crippen LogP contribution >= 0.6 is 15.9 Å². The van der Waals surface area contributed by atoms with E-state index in [0.717, 1.165) is 9.80 Å². The second kappa shape index (κ2) is 5.30. The molecule has 2 heterocycles. The van der Waals surface area contributed by atoms with Gasteiger partial charge < -0.3 is 10.2 Å². The summed E-state index contributed by atoms with van der Waals surface area (Å²) < 4.78 is 0.654. The first-order chi connectivity index (χ1) is 10.5. The van der Waals surface area contributed by atoms with Crippen LogP contribution in [-0.4, -0.2) is 27.4 Å². The molecule has 0 bridgehead atoms. The molecule has 1 aromatic heterocycles. The lowest BCUT2D eigenvalue weighted by molar-refractivity contribution is 0.201. The van der Waals surface area contributed by atoms with Crippen molar-refractivity contribution in [2.24, 2.45) is 0 Å². The zero-order valence-electron chi connectivity index (χ0n) is 11.1. The topological polar surface area (TPSA) is 94.0 Å². The van der Waals surface area contributed by atoms with E-state index in [9.17, 15) is 19.8 Å². The average Bonchev–Trinajstić information content (AvgIpc) is 2.61. The van der Waals surface area contributed by atoms with Gasteiger partial charge in [0.05, 0.1) is 17.9 Å². The zero-order chi connectivity index (χ0) is 15.9. The first-order valence-electron chi connectivity index (χ1n) is 6.26. The monoisotopic (exact) mass is 363 g/mol. The third-order valence-corrected chi connectivity index (χ3v) is 3.79. The van der Waals surface area contributed by atoms with Crippen LogP contribution in [0.15, 0.2) is 41.0 Å². The van der Waals surface area contributed by atoms with Gasteiger partial charge in [-0.3, -0.25) is 4.90 Å². The number of nitrogens with zero attached hydrogens (tertiary/aromatic N) is 3.